The number of anilines is 2. The molecule has 2 heterocycles. The van der Waals surface area contributed by atoms with E-state index in [4.69, 9.17) is 0 Å². The second-order valence-electron chi connectivity index (χ2n) is 3.92. The van der Waals surface area contributed by atoms with Crippen LogP contribution in [0.4, 0.5) is 24.8 Å². The maximum atomic E-state index is 12.6. The second-order valence-corrected chi connectivity index (χ2v) is 5.55. The van der Waals surface area contributed by atoms with Gasteiger partial charge in [0.2, 0.25) is 0 Å². The molecule has 2 aromatic heterocycles. The first-order valence-electron chi connectivity index (χ1n) is 5.93. The van der Waals surface area contributed by atoms with Gasteiger partial charge in [-0.1, -0.05) is 0 Å². The Kier molecular flexibility index (Phi) is 5.28. The second kappa shape index (κ2) is 6.98. The third-order valence-corrected chi connectivity index (χ3v) is 4.01. The van der Waals surface area contributed by atoms with Gasteiger partial charge in [-0.15, -0.1) is 0 Å². The largest absolute Gasteiger partial charge is 0.435 e. The van der Waals surface area contributed by atoms with Gasteiger partial charge in [0.1, 0.15) is 0 Å². The first kappa shape index (κ1) is 15.9. The molecule has 116 valence electrons. The summed E-state index contributed by atoms with van der Waals surface area (Å²) < 4.78 is 45.9. The summed E-state index contributed by atoms with van der Waals surface area (Å²) in [6.45, 7) is 0.584. The SMILES string of the molecule is CNc1nsnc1NCCSCc1[nH]cnc1C(F)(F)F. The fourth-order valence-corrected chi connectivity index (χ4v) is 2.91. The van der Waals surface area contributed by atoms with Crippen molar-refractivity contribution >= 4 is 35.1 Å². The first-order chi connectivity index (χ1) is 10.0. The average Bonchev–Trinajstić information content (AvgIpc) is 3.05. The Morgan fingerprint density at radius 3 is 2.81 bits per heavy atom. The maximum absolute atomic E-state index is 12.6. The molecule has 0 amide bonds. The molecule has 0 radical (unpaired) electrons. The minimum atomic E-state index is -4.41. The van der Waals surface area contributed by atoms with Crippen LogP contribution >= 0.6 is 23.5 Å². The van der Waals surface area contributed by atoms with Gasteiger partial charge in [-0.05, 0) is 0 Å². The van der Waals surface area contributed by atoms with Crippen LogP contribution in [0.3, 0.4) is 0 Å². The molecular formula is C10H13F3N6S2. The molecule has 0 bridgehead atoms. The van der Waals surface area contributed by atoms with E-state index in [1.54, 1.807) is 7.05 Å². The van der Waals surface area contributed by atoms with E-state index in [1.165, 1.54) is 11.8 Å². The van der Waals surface area contributed by atoms with Crippen LogP contribution in [0, 0.1) is 0 Å². The molecule has 21 heavy (non-hydrogen) atoms. The minimum Gasteiger partial charge on any atom is -0.369 e. The third-order valence-electron chi connectivity index (χ3n) is 2.50. The van der Waals surface area contributed by atoms with Crippen molar-refractivity contribution in [1.82, 2.24) is 18.7 Å². The van der Waals surface area contributed by atoms with Gasteiger partial charge in [-0.25, -0.2) is 4.98 Å². The summed E-state index contributed by atoms with van der Waals surface area (Å²) in [5.41, 5.74) is -0.747. The highest BCUT2D eigenvalue weighted by molar-refractivity contribution is 7.98. The highest BCUT2D eigenvalue weighted by Gasteiger charge is 2.35. The molecule has 0 aliphatic heterocycles. The summed E-state index contributed by atoms with van der Waals surface area (Å²) in [5.74, 6) is 2.18. The van der Waals surface area contributed by atoms with E-state index in [1.807, 2.05) is 0 Å². The molecule has 0 aliphatic carbocycles. The third kappa shape index (κ3) is 4.24. The molecule has 0 aromatic carbocycles. The molecule has 11 heteroatoms. The first-order valence-corrected chi connectivity index (χ1v) is 7.82. The van der Waals surface area contributed by atoms with E-state index in [0.29, 0.717) is 23.9 Å². The summed E-state index contributed by atoms with van der Waals surface area (Å²) >= 11 is 2.46. The number of nitrogens with zero attached hydrogens (tertiary/aromatic N) is 3. The van der Waals surface area contributed by atoms with Crippen LogP contribution in [0.2, 0.25) is 0 Å². The van der Waals surface area contributed by atoms with E-state index in [2.05, 4.69) is 29.3 Å². The van der Waals surface area contributed by atoms with Gasteiger partial charge in [-0.3, -0.25) is 0 Å². The van der Waals surface area contributed by atoms with Crippen molar-refractivity contribution in [3.63, 3.8) is 0 Å². The standard InChI is InChI=1S/C10H13F3N6S2/c1-14-8-9(19-21-18-8)15-2-3-20-4-6-7(10(11,12)13)17-5-16-6/h5H,2-4H2,1H3,(H,14,18)(H,15,19)(H,16,17). The number of hydrogen-bond acceptors (Lipinski definition) is 7. The minimum absolute atomic E-state index is 0.0961. The lowest BCUT2D eigenvalue weighted by atomic mass is 10.3. The normalized spacial score (nSPS) is 11.6. The molecule has 6 nitrogen and oxygen atoms in total. The van der Waals surface area contributed by atoms with Crippen molar-refractivity contribution in [3.8, 4) is 0 Å². The van der Waals surface area contributed by atoms with Crippen molar-refractivity contribution in [2.45, 2.75) is 11.9 Å². The van der Waals surface area contributed by atoms with Crippen molar-refractivity contribution in [2.75, 3.05) is 30.0 Å². The highest BCUT2D eigenvalue weighted by atomic mass is 32.2. The summed E-state index contributed by atoms with van der Waals surface area (Å²) in [6.07, 6.45) is -3.35. The number of thioether (sulfide) groups is 1. The van der Waals surface area contributed by atoms with E-state index < -0.39 is 11.9 Å². The van der Waals surface area contributed by atoms with Gasteiger partial charge in [0.05, 0.1) is 23.7 Å². The van der Waals surface area contributed by atoms with Gasteiger partial charge in [0.15, 0.2) is 17.3 Å². The Labute approximate surface area is 127 Å². The van der Waals surface area contributed by atoms with Gasteiger partial charge in [0.25, 0.3) is 0 Å². The average molecular weight is 338 g/mol. The quantitative estimate of drug-likeness (QED) is 0.674. The zero-order valence-electron chi connectivity index (χ0n) is 11.0. The molecule has 0 unspecified atom stereocenters. The Hall–Kier alpha value is -1.49. The highest BCUT2D eigenvalue weighted by Crippen LogP contribution is 2.31. The van der Waals surface area contributed by atoms with E-state index in [-0.39, 0.29) is 11.4 Å². The number of alkyl halides is 3. The number of halogens is 3. The fourth-order valence-electron chi connectivity index (χ4n) is 1.56. The van der Waals surface area contributed by atoms with Gasteiger partial charge >= 0.3 is 6.18 Å². The van der Waals surface area contributed by atoms with Crippen LogP contribution in [0.15, 0.2) is 6.33 Å². The molecule has 0 spiro atoms. The van der Waals surface area contributed by atoms with Crippen LogP contribution in [-0.4, -0.2) is 38.1 Å². The summed E-state index contributed by atoms with van der Waals surface area (Å²) in [4.78, 5) is 5.85. The van der Waals surface area contributed by atoms with Gasteiger partial charge in [-0.2, -0.15) is 33.7 Å². The number of hydrogen-bond donors (Lipinski definition) is 3. The fraction of sp³-hybridized carbons (Fsp3) is 0.500. The van der Waals surface area contributed by atoms with Crippen molar-refractivity contribution in [1.29, 1.82) is 0 Å². The zero-order valence-corrected chi connectivity index (χ0v) is 12.6. The molecule has 3 N–H and O–H groups in total. The number of aromatic nitrogens is 4. The number of rotatable bonds is 7. The van der Waals surface area contributed by atoms with Crippen LogP contribution in [0.25, 0.3) is 0 Å². The predicted molar refractivity (Wildman–Crippen MR) is 77.7 cm³/mol. The summed E-state index contributed by atoms with van der Waals surface area (Å²) in [5, 5.41) is 5.97. The number of aromatic amines is 1. The van der Waals surface area contributed by atoms with Gasteiger partial charge < -0.3 is 15.6 Å². The van der Waals surface area contributed by atoms with Crippen molar-refractivity contribution in [3.05, 3.63) is 17.7 Å². The lowest BCUT2D eigenvalue weighted by molar-refractivity contribution is -0.141. The number of nitrogens with one attached hydrogen (secondary N) is 3. The summed E-state index contributed by atoms with van der Waals surface area (Å²) in [7, 11) is 1.74. The molecule has 0 fully saturated rings. The Morgan fingerprint density at radius 1 is 1.33 bits per heavy atom. The molecule has 2 aromatic rings. The molecule has 0 aliphatic rings. The summed E-state index contributed by atoms with van der Waals surface area (Å²) in [6, 6.07) is 0. The smallest absolute Gasteiger partial charge is 0.369 e. The number of imidazole rings is 1. The topological polar surface area (TPSA) is 78.5 Å². The Balaban J connectivity index is 1.74. The van der Waals surface area contributed by atoms with E-state index in [9.17, 15) is 13.2 Å². The van der Waals surface area contributed by atoms with Crippen LogP contribution in [-0.2, 0) is 11.9 Å². The number of H-pyrrole nitrogens is 1. The van der Waals surface area contributed by atoms with Crippen molar-refractivity contribution < 1.29 is 13.2 Å². The Morgan fingerprint density at radius 2 is 2.10 bits per heavy atom. The van der Waals surface area contributed by atoms with E-state index in [0.717, 1.165) is 18.1 Å². The molecule has 0 saturated carbocycles. The van der Waals surface area contributed by atoms with Crippen molar-refractivity contribution in [2.24, 2.45) is 0 Å². The zero-order chi connectivity index (χ0) is 15.3. The molecular weight excluding hydrogens is 325 g/mol. The maximum Gasteiger partial charge on any atom is 0.435 e. The van der Waals surface area contributed by atoms with E-state index >= 15 is 0 Å². The predicted octanol–water partition coefficient (Wildman–Crippen LogP) is 2.67. The van der Waals surface area contributed by atoms with Gasteiger partial charge in [0, 0.05) is 25.1 Å². The lowest BCUT2D eigenvalue weighted by Gasteiger charge is -2.07. The molecule has 0 atom stereocenters. The van der Waals surface area contributed by atoms with Crippen LogP contribution in [0.1, 0.15) is 11.4 Å². The van der Waals surface area contributed by atoms with Crippen LogP contribution in [0.5, 0.6) is 0 Å². The van der Waals surface area contributed by atoms with Crippen LogP contribution < -0.4 is 10.6 Å². The Bertz CT molecular complexity index is 567. The monoisotopic (exact) mass is 338 g/mol. The lowest BCUT2D eigenvalue weighted by Crippen LogP contribution is -2.09. The molecule has 2 rings (SSSR count). The molecule has 0 saturated heterocycles.